The van der Waals surface area contributed by atoms with Crippen LogP contribution < -0.4 is 5.32 Å². The quantitative estimate of drug-likeness (QED) is 0.453. The van der Waals surface area contributed by atoms with E-state index in [-0.39, 0.29) is 17.4 Å². The predicted molar refractivity (Wildman–Crippen MR) is 161 cm³/mol. The number of allylic oxidation sites excluding steroid dienone is 4. The van der Waals surface area contributed by atoms with E-state index >= 15 is 0 Å². The minimum absolute atomic E-state index is 0.0767. The second-order valence-corrected chi connectivity index (χ2v) is 13.8. The number of piperidine rings is 1. The molecule has 1 saturated heterocycles. The lowest BCUT2D eigenvalue weighted by Crippen LogP contribution is -2.47. The number of likely N-dealkylation sites (tertiary alicyclic amines) is 1. The number of aryl methyl sites for hydroxylation is 1. The molecule has 1 amide bonds. The van der Waals surface area contributed by atoms with Crippen molar-refractivity contribution in [1.29, 1.82) is 5.26 Å². The number of sulfonamides is 1. The van der Waals surface area contributed by atoms with Gasteiger partial charge in [-0.25, -0.2) is 12.7 Å². The maximum Gasteiger partial charge on any atom is 0.238 e. The van der Waals surface area contributed by atoms with Crippen LogP contribution in [0.15, 0.2) is 77.2 Å². The number of carbonyl (C=O) groups is 1. The average molecular weight is 573 g/mol. The SMILES string of the molecule is CN(CC1(CCN2CCC(NC(=O)Cc3ccccc3)CC2)CCc2ccccc21)S(=O)(=O)C1=CC=C(C#N)CC1. The summed E-state index contributed by atoms with van der Waals surface area (Å²) in [5, 5.41) is 12.4. The van der Waals surface area contributed by atoms with Crippen LogP contribution in [0.5, 0.6) is 0 Å². The highest BCUT2D eigenvalue weighted by Gasteiger charge is 2.42. The monoisotopic (exact) mass is 572 g/mol. The minimum atomic E-state index is -3.62. The van der Waals surface area contributed by atoms with Crippen LogP contribution in [-0.4, -0.2) is 62.8 Å². The van der Waals surface area contributed by atoms with Crippen molar-refractivity contribution in [2.24, 2.45) is 0 Å². The molecule has 2 aromatic carbocycles. The molecule has 1 heterocycles. The Balaban J connectivity index is 1.21. The lowest BCUT2D eigenvalue weighted by molar-refractivity contribution is -0.121. The van der Waals surface area contributed by atoms with E-state index in [2.05, 4.69) is 40.6 Å². The fraction of sp³-hybridized carbons (Fsp3) is 0.455. The molecule has 2 aromatic rings. The number of hydrogen-bond acceptors (Lipinski definition) is 5. The van der Waals surface area contributed by atoms with Crippen LogP contribution in [0, 0.1) is 11.3 Å². The van der Waals surface area contributed by atoms with Crippen molar-refractivity contribution in [1.82, 2.24) is 14.5 Å². The van der Waals surface area contributed by atoms with E-state index < -0.39 is 10.0 Å². The van der Waals surface area contributed by atoms with E-state index in [4.69, 9.17) is 5.26 Å². The Morgan fingerprint density at radius 3 is 2.49 bits per heavy atom. The van der Waals surface area contributed by atoms with E-state index in [9.17, 15) is 13.2 Å². The van der Waals surface area contributed by atoms with Gasteiger partial charge in [0.05, 0.1) is 17.4 Å². The standard InChI is InChI=1S/C33H40N4O3S/c1-36(41(39,40)30-13-11-27(24-34)12-14-30)25-33(18-15-28-9-5-6-10-31(28)33)19-22-37-20-16-29(17-21-37)35-32(38)23-26-7-3-2-4-8-26/h2-11,13,29H,12,14-23,25H2,1H3,(H,35,38). The van der Waals surface area contributed by atoms with E-state index in [0.717, 1.165) is 57.3 Å². The van der Waals surface area contributed by atoms with Crippen molar-refractivity contribution in [3.05, 3.63) is 93.9 Å². The molecular formula is C33H40N4O3S. The number of benzene rings is 2. The number of carbonyl (C=O) groups excluding carboxylic acids is 1. The maximum atomic E-state index is 13.6. The summed E-state index contributed by atoms with van der Waals surface area (Å²) < 4.78 is 28.7. The highest BCUT2D eigenvalue weighted by molar-refractivity contribution is 7.93. The molecule has 0 saturated carbocycles. The number of hydrogen-bond donors (Lipinski definition) is 1. The first-order valence-corrected chi connectivity index (χ1v) is 16.1. The molecule has 1 N–H and O–H groups in total. The summed E-state index contributed by atoms with van der Waals surface area (Å²) in [4.78, 5) is 15.4. The third-order valence-corrected chi connectivity index (χ3v) is 11.0. The molecule has 1 atom stereocenters. The fourth-order valence-corrected chi connectivity index (χ4v) is 8.06. The van der Waals surface area contributed by atoms with Crippen molar-refractivity contribution >= 4 is 15.9 Å². The molecular weight excluding hydrogens is 532 g/mol. The summed E-state index contributed by atoms with van der Waals surface area (Å²) in [6.07, 6.45) is 9.09. The van der Waals surface area contributed by atoms with Gasteiger partial charge in [-0.1, -0.05) is 54.6 Å². The number of amides is 1. The molecule has 2 aliphatic carbocycles. The Hall–Kier alpha value is -3.25. The van der Waals surface area contributed by atoms with Crippen LogP contribution in [-0.2, 0) is 33.1 Å². The molecule has 3 aliphatic rings. The van der Waals surface area contributed by atoms with Crippen molar-refractivity contribution < 1.29 is 13.2 Å². The van der Waals surface area contributed by atoms with Gasteiger partial charge in [-0.2, -0.15) is 5.26 Å². The van der Waals surface area contributed by atoms with Crippen molar-refractivity contribution in [2.45, 2.75) is 62.8 Å². The summed E-state index contributed by atoms with van der Waals surface area (Å²) in [6, 6.07) is 20.7. The molecule has 1 aliphatic heterocycles. The number of nitriles is 1. The number of fused-ring (bicyclic) bond motifs is 1. The van der Waals surface area contributed by atoms with Gasteiger partial charge in [-0.15, -0.1) is 0 Å². The highest BCUT2D eigenvalue weighted by Crippen LogP contribution is 2.43. The molecule has 0 aromatic heterocycles. The van der Waals surface area contributed by atoms with Crippen molar-refractivity contribution in [3.63, 3.8) is 0 Å². The smallest absolute Gasteiger partial charge is 0.238 e. The van der Waals surface area contributed by atoms with Gasteiger partial charge in [0.25, 0.3) is 0 Å². The zero-order chi connectivity index (χ0) is 28.9. The Morgan fingerprint density at radius 1 is 1.05 bits per heavy atom. The van der Waals surface area contributed by atoms with E-state index in [1.165, 1.54) is 11.1 Å². The topological polar surface area (TPSA) is 93.5 Å². The lowest BCUT2D eigenvalue weighted by atomic mass is 9.78. The van der Waals surface area contributed by atoms with Crippen LogP contribution >= 0.6 is 0 Å². The van der Waals surface area contributed by atoms with Gasteiger partial charge in [0, 0.05) is 43.7 Å². The third-order valence-electron chi connectivity index (χ3n) is 9.05. The summed E-state index contributed by atoms with van der Waals surface area (Å²) in [5.41, 5.74) is 3.99. The zero-order valence-electron chi connectivity index (χ0n) is 23.9. The molecule has 0 bridgehead atoms. The maximum absolute atomic E-state index is 13.6. The third kappa shape index (κ3) is 6.81. The van der Waals surface area contributed by atoms with E-state index in [1.54, 1.807) is 23.5 Å². The lowest BCUT2D eigenvalue weighted by Gasteiger charge is -2.38. The molecule has 1 unspecified atom stereocenters. The zero-order valence-corrected chi connectivity index (χ0v) is 24.7. The Bertz CT molecular complexity index is 1450. The van der Waals surface area contributed by atoms with E-state index in [1.807, 2.05) is 30.3 Å². The van der Waals surface area contributed by atoms with Crippen LogP contribution in [0.1, 0.15) is 55.2 Å². The molecule has 1 fully saturated rings. The summed E-state index contributed by atoms with van der Waals surface area (Å²) >= 11 is 0. The number of nitrogens with zero attached hydrogens (tertiary/aromatic N) is 3. The first-order valence-electron chi connectivity index (χ1n) is 14.7. The first-order chi connectivity index (χ1) is 19.8. The first kappa shape index (κ1) is 29.2. The molecule has 216 valence electrons. The normalized spacial score (nSPS) is 21.6. The Morgan fingerprint density at radius 2 is 1.78 bits per heavy atom. The Kier molecular flexibility index (Phi) is 9.08. The summed E-state index contributed by atoms with van der Waals surface area (Å²) in [6.45, 7) is 3.17. The largest absolute Gasteiger partial charge is 0.353 e. The second kappa shape index (κ2) is 12.7. The van der Waals surface area contributed by atoms with Crippen molar-refractivity contribution in [2.75, 3.05) is 33.2 Å². The predicted octanol–water partition coefficient (Wildman–Crippen LogP) is 4.47. The summed E-state index contributed by atoms with van der Waals surface area (Å²) in [5.74, 6) is 0.0767. The second-order valence-electron chi connectivity index (χ2n) is 11.7. The average Bonchev–Trinajstić information content (AvgIpc) is 3.35. The van der Waals surface area contributed by atoms with Crippen LogP contribution in [0.4, 0.5) is 0 Å². The number of likely N-dealkylation sites (N-methyl/N-ethyl adjacent to an activating group) is 1. The molecule has 7 nitrogen and oxygen atoms in total. The molecule has 0 radical (unpaired) electrons. The van der Waals surface area contributed by atoms with Gasteiger partial charge < -0.3 is 10.2 Å². The summed E-state index contributed by atoms with van der Waals surface area (Å²) in [7, 11) is -1.92. The molecule has 8 heteroatoms. The van der Waals surface area contributed by atoms with Gasteiger partial charge in [-0.3, -0.25) is 4.79 Å². The number of nitrogens with one attached hydrogen (secondary N) is 1. The number of rotatable bonds is 10. The minimum Gasteiger partial charge on any atom is -0.353 e. The molecule has 5 rings (SSSR count). The molecule has 41 heavy (non-hydrogen) atoms. The van der Waals surface area contributed by atoms with E-state index in [0.29, 0.717) is 36.3 Å². The Labute approximate surface area is 244 Å². The van der Waals surface area contributed by atoms with Crippen LogP contribution in [0.25, 0.3) is 0 Å². The van der Waals surface area contributed by atoms with Gasteiger partial charge in [0.2, 0.25) is 15.9 Å². The van der Waals surface area contributed by atoms with Gasteiger partial charge in [-0.05, 0) is 80.3 Å². The molecule has 0 spiro atoms. The van der Waals surface area contributed by atoms with Gasteiger partial charge in [0.1, 0.15) is 0 Å². The highest BCUT2D eigenvalue weighted by atomic mass is 32.2. The van der Waals surface area contributed by atoms with Gasteiger partial charge >= 0.3 is 0 Å². The van der Waals surface area contributed by atoms with Crippen LogP contribution in [0.2, 0.25) is 0 Å². The fourth-order valence-electron chi connectivity index (χ4n) is 6.64. The van der Waals surface area contributed by atoms with Crippen LogP contribution in [0.3, 0.4) is 0 Å². The van der Waals surface area contributed by atoms with Crippen molar-refractivity contribution in [3.8, 4) is 6.07 Å². The van der Waals surface area contributed by atoms with Gasteiger partial charge in [0.15, 0.2) is 0 Å².